The Morgan fingerprint density at radius 3 is 2.29 bits per heavy atom. The summed E-state index contributed by atoms with van der Waals surface area (Å²) in [6.07, 6.45) is 3.02. The predicted molar refractivity (Wildman–Crippen MR) is 122 cm³/mol. The fourth-order valence-electron chi connectivity index (χ4n) is 3.52. The van der Waals surface area contributed by atoms with Gasteiger partial charge in [-0.3, -0.25) is 14.6 Å². The van der Waals surface area contributed by atoms with Crippen molar-refractivity contribution in [3.05, 3.63) is 89.2 Å². The van der Waals surface area contributed by atoms with Crippen LogP contribution in [0.4, 0.5) is 0 Å². The first kappa shape index (κ1) is 22.2. The molecule has 1 heterocycles. The van der Waals surface area contributed by atoms with Crippen LogP contribution in [0.15, 0.2) is 67.0 Å². The van der Waals surface area contributed by atoms with Gasteiger partial charge in [0.25, 0.3) is 5.91 Å². The van der Waals surface area contributed by atoms with E-state index in [0.717, 1.165) is 22.3 Å². The van der Waals surface area contributed by atoms with Crippen molar-refractivity contribution >= 4 is 11.9 Å². The van der Waals surface area contributed by atoms with Crippen LogP contribution in [0.2, 0.25) is 0 Å². The van der Waals surface area contributed by atoms with Crippen molar-refractivity contribution in [3.8, 4) is 11.1 Å². The molecule has 0 radical (unpaired) electrons. The SMILES string of the molecule is Cc1ccccc1[C@H](CC(=O)O)NC(=O)c1cncc(-c2ccc(C(C)(C)C)cc2)c1. The number of carboxylic acids is 1. The van der Waals surface area contributed by atoms with Crippen LogP contribution in [0.5, 0.6) is 0 Å². The van der Waals surface area contributed by atoms with Crippen molar-refractivity contribution in [1.29, 1.82) is 0 Å². The van der Waals surface area contributed by atoms with Gasteiger partial charge in [-0.05, 0) is 40.7 Å². The smallest absolute Gasteiger partial charge is 0.305 e. The molecule has 2 aromatic carbocycles. The van der Waals surface area contributed by atoms with Gasteiger partial charge in [-0.1, -0.05) is 69.3 Å². The molecule has 0 bridgehead atoms. The first-order chi connectivity index (χ1) is 14.6. The van der Waals surface area contributed by atoms with Gasteiger partial charge < -0.3 is 10.4 Å². The normalized spacial score (nSPS) is 12.3. The van der Waals surface area contributed by atoms with Crippen LogP contribution >= 0.6 is 0 Å². The fourth-order valence-corrected chi connectivity index (χ4v) is 3.52. The van der Waals surface area contributed by atoms with E-state index in [0.29, 0.717) is 5.56 Å². The Morgan fingerprint density at radius 2 is 1.68 bits per heavy atom. The topological polar surface area (TPSA) is 79.3 Å². The summed E-state index contributed by atoms with van der Waals surface area (Å²) >= 11 is 0. The molecule has 0 saturated carbocycles. The van der Waals surface area contributed by atoms with Crippen molar-refractivity contribution in [3.63, 3.8) is 0 Å². The Bertz CT molecular complexity index is 1080. The average Bonchev–Trinajstić information content (AvgIpc) is 2.73. The Kier molecular flexibility index (Phi) is 6.54. The minimum absolute atomic E-state index is 0.0627. The molecule has 0 aliphatic carbocycles. The van der Waals surface area contributed by atoms with Crippen LogP contribution in [0.25, 0.3) is 11.1 Å². The third-order valence-electron chi connectivity index (χ3n) is 5.33. The van der Waals surface area contributed by atoms with E-state index in [2.05, 4.69) is 43.2 Å². The number of hydrogen-bond acceptors (Lipinski definition) is 3. The van der Waals surface area contributed by atoms with E-state index < -0.39 is 12.0 Å². The molecule has 5 heteroatoms. The predicted octanol–water partition coefficient (Wildman–Crippen LogP) is 5.30. The minimum atomic E-state index is -0.973. The van der Waals surface area contributed by atoms with Gasteiger partial charge in [-0.25, -0.2) is 0 Å². The molecule has 31 heavy (non-hydrogen) atoms. The number of nitrogens with zero attached hydrogens (tertiary/aromatic N) is 1. The molecule has 0 aliphatic rings. The van der Waals surface area contributed by atoms with Gasteiger partial charge in [0.2, 0.25) is 0 Å². The lowest BCUT2D eigenvalue weighted by atomic mass is 9.86. The van der Waals surface area contributed by atoms with Gasteiger partial charge in [0.1, 0.15) is 0 Å². The molecule has 3 aromatic rings. The highest BCUT2D eigenvalue weighted by molar-refractivity contribution is 5.95. The van der Waals surface area contributed by atoms with E-state index in [4.69, 9.17) is 0 Å². The Labute approximate surface area is 183 Å². The summed E-state index contributed by atoms with van der Waals surface area (Å²) in [5.41, 5.74) is 5.21. The van der Waals surface area contributed by atoms with Crippen LogP contribution in [-0.4, -0.2) is 22.0 Å². The second kappa shape index (κ2) is 9.13. The maximum atomic E-state index is 12.9. The summed E-state index contributed by atoms with van der Waals surface area (Å²) in [5.74, 6) is -1.32. The molecule has 0 saturated heterocycles. The standard InChI is InChI=1S/C26H28N2O3/c1-17-7-5-6-8-22(17)23(14-24(29)30)28-25(31)20-13-19(15-27-16-20)18-9-11-21(12-10-18)26(2,3)4/h5-13,15-16,23H,14H2,1-4H3,(H,28,31)(H,29,30)/t23-/m0/s1. The molecule has 2 N–H and O–H groups in total. The zero-order chi connectivity index (χ0) is 22.6. The molecule has 3 rings (SSSR count). The number of aromatic nitrogens is 1. The van der Waals surface area contributed by atoms with Gasteiger partial charge >= 0.3 is 5.97 Å². The summed E-state index contributed by atoms with van der Waals surface area (Å²) in [4.78, 5) is 28.6. The number of carbonyl (C=O) groups is 2. The first-order valence-corrected chi connectivity index (χ1v) is 10.3. The van der Waals surface area contributed by atoms with E-state index in [-0.39, 0.29) is 17.7 Å². The largest absolute Gasteiger partial charge is 0.481 e. The number of amides is 1. The van der Waals surface area contributed by atoms with Crippen molar-refractivity contribution in [2.75, 3.05) is 0 Å². The van der Waals surface area contributed by atoms with Crippen molar-refractivity contribution in [2.24, 2.45) is 0 Å². The first-order valence-electron chi connectivity index (χ1n) is 10.3. The van der Waals surface area contributed by atoms with E-state index in [1.165, 1.54) is 11.8 Å². The molecule has 1 aromatic heterocycles. The van der Waals surface area contributed by atoms with Crippen LogP contribution in [0.1, 0.15) is 60.3 Å². The van der Waals surface area contributed by atoms with Gasteiger partial charge in [-0.2, -0.15) is 0 Å². The summed E-state index contributed by atoms with van der Waals surface area (Å²) in [5, 5.41) is 12.2. The van der Waals surface area contributed by atoms with E-state index in [9.17, 15) is 14.7 Å². The lowest BCUT2D eigenvalue weighted by molar-refractivity contribution is -0.137. The molecule has 0 spiro atoms. The third kappa shape index (κ3) is 5.57. The summed E-state index contributed by atoms with van der Waals surface area (Å²) in [6.45, 7) is 8.39. The van der Waals surface area contributed by atoms with Crippen LogP contribution in [0.3, 0.4) is 0 Å². The van der Waals surface area contributed by atoms with Gasteiger partial charge in [0, 0.05) is 18.0 Å². The number of carboxylic acid groups (broad SMARTS) is 1. The number of hydrogen-bond donors (Lipinski definition) is 2. The van der Waals surface area contributed by atoms with Crippen LogP contribution in [0, 0.1) is 6.92 Å². The average molecular weight is 417 g/mol. The van der Waals surface area contributed by atoms with E-state index in [1.807, 2.05) is 43.3 Å². The number of benzene rings is 2. The summed E-state index contributed by atoms with van der Waals surface area (Å²) in [7, 11) is 0. The number of aryl methyl sites for hydroxylation is 1. The van der Waals surface area contributed by atoms with Gasteiger partial charge in [0.05, 0.1) is 18.0 Å². The molecular formula is C26H28N2O3. The summed E-state index contributed by atoms with van der Waals surface area (Å²) in [6, 6.07) is 16.9. The lowest BCUT2D eigenvalue weighted by Crippen LogP contribution is -2.30. The second-order valence-corrected chi connectivity index (χ2v) is 8.77. The molecule has 5 nitrogen and oxygen atoms in total. The highest BCUT2D eigenvalue weighted by atomic mass is 16.4. The number of carbonyl (C=O) groups excluding carboxylic acids is 1. The molecule has 0 unspecified atom stereocenters. The number of nitrogens with one attached hydrogen (secondary N) is 1. The Hall–Kier alpha value is -3.47. The number of rotatable bonds is 6. The van der Waals surface area contributed by atoms with E-state index >= 15 is 0 Å². The molecule has 1 amide bonds. The fraction of sp³-hybridized carbons (Fsp3) is 0.269. The molecule has 1 atom stereocenters. The highest BCUT2D eigenvalue weighted by Gasteiger charge is 2.21. The number of aliphatic carboxylic acids is 1. The molecule has 0 fully saturated rings. The number of pyridine rings is 1. The van der Waals surface area contributed by atoms with Gasteiger partial charge in [-0.15, -0.1) is 0 Å². The summed E-state index contributed by atoms with van der Waals surface area (Å²) < 4.78 is 0. The zero-order valence-electron chi connectivity index (χ0n) is 18.3. The maximum absolute atomic E-state index is 12.9. The molecule has 0 aliphatic heterocycles. The quantitative estimate of drug-likeness (QED) is 0.571. The van der Waals surface area contributed by atoms with Gasteiger partial charge in [0.15, 0.2) is 0 Å². The van der Waals surface area contributed by atoms with E-state index in [1.54, 1.807) is 12.3 Å². The molecular weight excluding hydrogens is 388 g/mol. The third-order valence-corrected chi connectivity index (χ3v) is 5.33. The Balaban J connectivity index is 1.85. The Morgan fingerprint density at radius 1 is 1.00 bits per heavy atom. The minimum Gasteiger partial charge on any atom is -0.481 e. The maximum Gasteiger partial charge on any atom is 0.305 e. The highest BCUT2D eigenvalue weighted by Crippen LogP contribution is 2.27. The molecule has 160 valence electrons. The van der Waals surface area contributed by atoms with Crippen molar-refractivity contribution in [2.45, 2.75) is 45.6 Å². The monoisotopic (exact) mass is 416 g/mol. The second-order valence-electron chi connectivity index (χ2n) is 8.77. The van der Waals surface area contributed by atoms with Crippen LogP contribution < -0.4 is 5.32 Å². The lowest BCUT2D eigenvalue weighted by Gasteiger charge is -2.20. The van der Waals surface area contributed by atoms with Crippen molar-refractivity contribution < 1.29 is 14.7 Å². The van der Waals surface area contributed by atoms with Crippen LogP contribution in [-0.2, 0) is 10.2 Å². The van der Waals surface area contributed by atoms with Crippen molar-refractivity contribution in [1.82, 2.24) is 10.3 Å². The zero-order valence-corrected chi connectivity index (χ0v) is 18.3.